The Morgan fingerprint density at radius 2 is 2.03 bits per heavy atom. The van der Waals surface area contributed by atoms with Crippen LogP contribution < -0.4 is 4.80 Å². The van der Waals surface area contributed by atoms with Gasteiger partial charge in [0, 0.05) is 25.2 Å². The molecule has 11 heteroatoms. The standard InChI is InChI=1S/C23H22N4O5S2/c1-3-12-26-20-11-8-18(27(29)30)14-21(20)33-23(26)24-22(28)17-5-4-13-25(15-17)34(31,32)19-9-6-16(2)7-10-19/h1,6-11,14,17H,4-5,12-13,15H2,2H3. The van der Waals surface area contributed by atoms with Crippen LogP contribution in [0.5, 0.6) is 0 Å². The number of amides is 1. The van der Waals surface area contributed by atoms with Crippen molar-refractivity contribution in [3.63, 3.8) is 0 Å². The lowest BCUT2D eigenvalue weighted by molar-refractivity contribution is -0.384. The Bertz CT molecular complexity index is 1480. The lowest BCUT2D eigenvalue weighted by Gasteiger charge is -2.30. The number of nitro benzene ring substituents is 1. The summed E-state index contributed by atoms with van der Waals surface area (Å²) in [7, 11) is -3.72. The van der Waals surface area contributed by atoms with Gasteiger partial charge in [-0.05, 0) is 38.0 Å². The summed E-state index contributed by atoms with van der Waals surface area (Å²) in [6.45, 7) is 2.41. The fourth-order valence-corrected chi connectivity index (χ4v) is 6.50. The number of fused-ring (bicyclic) bond motifs is 1. The minimum Gasteiger partial charge on any atom is -0.305 e. The first-order valence-electron chi connectivity index (χ1n) is 10.6. The Morgan fingerprint density at radius 1 is 1.29 bits per heavy atom. The second-order valence-corrected chi connectivity index (χ2v) is 11.0. The molecule has 1 aromatic heterocycles. The number of hydrogen-bond donors (Lipinski definition) is 0. The molecule has 0 radical (unpaired) electrons. The number of sulfonamides is 1. The van der Waals surface area contributed by atoms with Gasteiger partial charge in [-0.25, -0.2) is 8.42 Å². The quantitative estimate of drug-likeness (QED) is 0.305. The molecule has 176 valence electrons. The minimum absolute atomic E-state index is 0.0457. The number of terminal acetylenes is 1. The van der Waals surface area contributed by atoms with Crippen LogP contribution in [0, 0.1) is 35.3 Å². The normalized spacial score (nSPS) is 17.5. The van der Waals surface area contributed by atoms with E-state index in [4.69, 9.17) is 6.42 Å². The fourth-order valence-electron chi connectivity index (χ4n) is 3.91. The van der Waals surface area contributed by atoms with E-state index in [2.05, 4.69) is 10.9 Å². The highest BCUT2D eigenvalue weighted by Gasteiger charge is 2.33. The lowest BCUT2D eigenvalue weighted by atomic mass is 9.99. The summed E-state index contributed by atoms with van der Waals surface area (Å²) < 4.78 is 29.7. The van der Waals surface area contributed by atoms with E-state index < -0.39 is 26.8 Å². The average Bonchev–Trinajstić information content (AvgIpc) is 3.15. The number of non-ortho nitro benzene ring substituents is 1. The van der Waals surface area contributed by atoms with Crippen LogP contribution in [-0.2, 0) is 21.4 Å². The SMILES string of the molecule is C#CCn1c(=NC(=O)C2CCCN(S(=O)(=O)c3ccc(C)cc3)C2)sc2cc([N+](=O)[O-])ccc21. The van der Waals surface area contributed by atoms with E-state index in [1.54, 1.807) is 34.9 Å². The molecule has 2 aromatic carbocycles. The molecule has 0 spiro atoms. The van der Waals surface area contributed by atoms with Crippen molar-refractivity contribution in [3.8, 4) is 12.3 Å². The van der Waals surface area contributed by atoms with Crippen molar-refractivity contribution in [3.05, 3.63) is 62.9 Å². The summed E-state index contributed by atoms with van der Waals surface area (Å²) in [6.07, 6.45) is 6.55. The third kappa shape index (κ3) is 4.65. The van der Waals surface area contributed by atoms with Gasteiger partial charge in [0.05, 0.1) is 32.5 Å². The van der Waals surface area contributed by atoms with Gasteiger partial charge in [0.25, 0.3) is 11.6 Å². The molecule has 1 saturated heterocycles. The van der Waals surface area contributed by atoms with E-state index in [1.165, 1.54) is 16.4 Å². The first-order chi connectivity index (χ1) is 16.2. The number of piperidine rings is 1. The lowest BCUT2D eigenvalue weighted by Crippen LogP contribution is -2.42. The van der Waals surface area contributed by atoms with Gasteiger partial charge in [-0.2, -0.15) is 9.30 Å². The highest BCUT2D eigenvalue weighted by molar-refractivity contribution is 7.89. The van der Waals surface area contributed by atoms with Crippen LogP contribution in [0.15, 0.2) is 52.4 Å². The molecule has 0 saturated carbocycles. The van der Waals surface area contributed by atoms with Crippen LogP contribution in [0.4, 0.5) is 5.69 Å². The number of benzene rings is 2. The molecule has 0 N–H and O–H groups in total. The number of nitro groups is 1. The molecule has 1 amide bonds. The number of rotatable bonds is 5. The van der Waals surface area contributed by atoms with Gasteiger partial charge in [0.1, 0.15) is 0 Å². The third-order valence-corrected chi connectivity index (χ3v) is 8.65. The van der Waals surface area contributed by atoms with E-state index >= 15 is 0 Å². The molecule has 9 nitrogen and oxygen atoms in total. The average molecular weight is 499 g/mol. The zero-order valence-corrected chi connectivity index (χ0v) is 20.0. The maximum absolute atomic E-state index is 13.1. The number of aromatic nitrogens is 1. The number of carbonyl (C=O) groups excluding carboxylic acids is 1. The maximum Gasteiger partial charge on any atom is 0.270 e. The van der Waals surface area contributed by atoms with E-state index in [-0.39, 0.29) is 23.7 Å². The monoisotopic (exact) mass is 498 g/mol. The molecule has 1 aliphatic heterocycles. The van der Waals surface area contributed by atoms with Gasteiger partial charge in [-0.3, -0.25) is 14.9 Å². The number of hydrogen-bond acceptors (Lipinski definition) is 6. The highest BCUT2D eigenvalue weighted by atomic mass is 32.2. The largest absolute Gasteiger partial charge is 0.305 e. The number of thiazole rings is 1. The third-order valence-electron chi connectivity index (χ3n) is 5.72. The van der Waals surface area contributed by atoms with Crippen molar-refractivity contribution in [2.75, 3.05) is 13.1 Å². The highest BCUT2D eigenvalue weighted by Crippen LogP contribution is 2.26. The van der Waals surface area contributed by atoms with E-state index in [9.17, 15) is 23.3 Å². The van der Waals surface area contributed by atoms with Crippen LogP contribution in [0.25, 0.3) is 10.2 Å². The molecule has 1 fully saturated rings. The summed E-state index contributed by atoms with van der Waals surface area (Å²) in [5.74, 6) is 1.49. The first-order valence-corrected chi connectivity index (χ1v) is 12.8. The van der Waals surface area contributed by atoms with Crippen molar-refractivity contribution in [2.45, 2.75) is 31.2 Å². The second kappa shape index (κ2) is 9.50. The molecule has 34 heavy (non-hydrogen) atoms. The summed E-state index contributed by atoms with van der Waals surface area (Å²) in [5, 5.41) is 11.1. The van der Waals surface area contributed by atoms with Crippen LogP contribution in [-0.4, -0.2) is 41.2 Å². The Kier molecular flexibility index (Phi) is 6.65. The number of nitrogens with zero attached hydrogens (tertiary/aromatic N) is 4. The van der Waals surface area contributed by atoms with Crippen molar-refractivity contribution in [1.82, 2.24) is 8.87 Å². The fraction of sp³-hybridized carbons (Fsp3) is 0.304. The topological polar surface area (TPSA) is 115 Å². The molecule has 0 aliphatic carbocycles. The van der Waals surface area contributed by atoms with Crippen molar-refractivity contribution in [2.24, 2.45) is 10.9 Å². The van der Waals surface area contributed by atoms with Crippen LogP contribution in [0.2, 0.25) is 0 Å². The van der Waals surface area contributed by atoms with Crippen molar-refractivity contribution < 1.29 is 18.1 Å². The second-order valence-electron chi connectivity index (χ2n) is 8.05. The Labute approximate surface area is 200 Å². The first kappa shape index (κ1) is 23.8. The predicted molar refractivity (Wildman–Crippen MR) is 129 cm³/mol. The molecule has 1 aliphatic rings. The predicted octanol–water partition coefficient (Wildman–Crippen LogP) is 3.08. The summed E-state index contributed by atoms with van der Waals surface area (Å²) in [6, 6.07) is 11.0. The van der Waals surface area contributed by atoms with Gasteiger partial charge >= 0.3 is 0 Å². The van der Waals surface area contributed by atoms with Crippen LogP contribution in [0.1, 0.15) is 18.4 Å². The molecular weight excluding hydrogens is 476 g/mol. The Morgan fingerprint density at radius 3 is 2.71 bits per heavy atom. The van der Waals surface area contributed by atoms with Crippen LogP contribution >= 0.6 is 11.3 Å². The molecule has 4 rings (SSSR count). The number of carbonyl (C=O) groups is 1. The zero-order chi connectivity index (χ0) is 24.5. The van der Waals surface area contributed by atoms with Gasteiger partial charge in [-0.1, -0.05) is 35.0 Å². The molecule has 1 unspecified atom stereocenters. The van der Waals surface area contributed by atoms with Gasteiger partial charge in [0.15, 0.2) is 4.80 Å². The van der Waals surface area contributed by atoms with Gasteiger partial charge in [0.2, 0.25) is 10.0 Å². The summed E-state index contributed by atoms with van der Waals surface area (Å²) in [4.78, 5) is 28.5. The molecule has 1 atom stereocenters. The molecule has 2 heterocycles. The molecular formula is C23H22N4O5S2. The summed E-state index contributed by atoms with van der Waals surface area (Å²) in [5.41, 5.74) is 1.54. The number of aryl methyl sites for hydroxylation is 1. The van der Waals surface area contributed by atoms with Gasteiger partial charge < -0.3 is 4.57 Å². The molecule has 0 bridgehead atoms. The Hall–Kier alpha value is -3.33. The van der Waals surface area contributed by atoms with Crippen molar-refractivity contribution in [1.29, 1.82) is 0 Å². The smallest absolute Gasteiger partial charge is 0.270 e. The van der Waals surface area contributed by atoms with Gasteiger partial charge in [-0.15, -0.1) is 6.42 Å². The van der Waals surface area contributed by atoms with E-state index in [0.717, 1.165) is 16.9 Å². The van der Waals surface area contributed by atoms with E-state index in [0.29, 0.717) is 34.4 Å². The van der Waals surface area contributed by atoms with Crippen LogP contribution in [0.3, 0.4) is 0 Å². The zero-order valence-electron chi connectivity index (χ0n) is 18.4. The minimum atomic E-state index is -3.72. The maximum atomic E-state index is 13.1. The van der Waals surface area contributed by atoms with Crippen molar-refractivity contribution >= 4 is 43.2 Å². The summed E-state index contributed by atoms with van der Waals surface area (Å²) >= 11 is 1.14. The van der Waals surface area contributed by atoms with E-state index in [1.807, 2.05) is 6.92 Å². The Balaban J connectivity index is 1.64. The molecule has 3 aromatic rings.